The van der Waals surface area contributed by atoms with Crippen LogP contribution in [0.3, 0.4) is 0 Å². The van der Waals surface area contributed by atoms with Crippen molar-refractivity contribution in [3.05, 3.63) is 0 Å². The Balaban J connectivity index is 5.51. The molecule has 0 fully saturated rings. The highest BCUT2D eigenvalue weighted by Crippen LogP contribution is 2.02. The molecule has 0 aliphatic heterocycles. The van der Waals surface area contributed by atoms with Crippen molar-refractivity contribution in [1.82, 2.24) is 16.0 Å². The third kappa shape index (κ3) is 9.53. The van der Waals surface area contributed by atoms with Gasteiger partial charge in [-0.25, -0.2) is 4.79 Å². The average molecular weight is 452 g/mol. The highest BCUT2D eigenvalue weighted by atomic mass is 32.1. The van der Waals surface area contributed by atoms with Crippen molar-refractivity contribution >= 4 is 48.3 Å². The van der Waals surface area contributed by atoms with E-state index >= 15 is 0 Å². The topological polar surface area (TPSA) is 245 Å². The number of carboxylic acids is 3. The summed E-state index contributed by atoms with van der Waals surface area (Å²) in [6.07, 6.45) is -3.45. The van der Waals surface area contributed by atoms with E-state index in [9.17, 15) is 33.9 Å². The Bertz CT molecular complexity index is 686. The standard InChI is InChI=1S/C15H24N4O10S/c1-5(20)11(15(28)29)19-14(27)8(3-10(23)24)18-13(26)7(2-9(21)22)17-12(25)6(16)4-30/h5-8,11,20,30H,2-4,16H2,1H3,(H,17,25)(H,18,26)(H,19,27)(H,21,22)(H,23,24)(H,28,29). The first kappa shape index (κ1) is 27.1. The second kappa shape index (κ2) is 12.6. The Hall–Kier alpha value is -2.91. The lowest BCUT2D eigenvalue weighted by Gasteiger charge is -2.24. The summed E-state index contributed by atoms with van der Waals surface area (Å²) in [7, 11) is 0. The fourth-order valence-corrected chi connectivity index (χ4v) is 2.21. The molecule has 3 amide bonds. The number of thiol groups is 1. The van der Waals surface area contributed by atoms with Crippen LogP contribution in [0.2, 0.25) is 0 Å². The summed E-state index contributed by atoms with van der Waals surface area (Å²) in [5.74, 6) is -8.16. The molecule has 0 saturated carbocycles. The number of hydrogen-bond acceptors (Lipinski definition) is 9. The van der Waals surface area contributed by atoms with Gasteiger partial charge in [-0.2, -0.15) is 12.6 Å². The zero-order valence-electron chi connectivity index (χ0n) is 15.8. The number of carboxylic acid groups (broad SMARTS) is 3. The van der Waals surface area contributed by atoms with Gasteiger partial charge in [0.2, 0.25) is 17.7 Å². The largest absolute Gasteiger partial charge is 0.481 e. The number of rotatable bonds is 13. The van der Waals surface area contributed by atoms with Crippen LogP contribution in [0.1, 0.15) is 19.8 Å². The predicted molar refractivity (Wildman–Crippen MR) is 101 cm³/mol. The number of nitrogens with one attached hydrogen (secondary N) is 3. The molecule has 0 radical (unpaired) electrons. The van der Waals surface area contributed by atoms with Gasteiger partial charge in [0.1, 0.15) is 12.1 Å². The van der Waals surface area contributed by atoms with Gasteiger partial charge < -0.3 is 42.1 Å². The molecule has 0 aromatic heterocycles. The lowest BCUT2D eigenvalue weighted by Crippen LogP contribution is -2.59. The zero-order chi connectivity index (χ0) is 23.6. The van der Waals surface area contributed by atoms with Gasteiger partial charge in [0.05, 0.1) is 25.0 Å². The van der Waals surface area contributed by atoms with Crippen LogP contribution in [-0.2, 0) is 28.8 Å². The van der Waals surface area contributed by atoms with E-state index in [0.717, 1.165) is 6.92 Å². The molecule has 170 valence electrons. The van der Waals surface area contributed by atoms with E-state index in [2.05, 4.69) is 17.9 Å². The molecule has 0 spiro atoms. The van der Waals surface area contributed by atoms with E-state index in [1.54, 1.807) is 0 Å². The fraction of sp³-hybridized carbons (Fsp3) is 0.600. The Morgan fingerprint density at radius 1 is 0.833 bits per heavy atom. The summed E-state index contributed by atoms with van der Waals surface area (Å²) in [5, 5.41) is 42.2. The van der Waals surface area contributed by atoms with Crippen LogP contribution in [0.15, 0.2) is 0 Å². The van der Waals surface area contributed by atoms with E-state index in [1.807, 2.05) is 10.6 Å². The van der Waals surface area contributed by atoms with E-state index in [0.29, 0.717) is 0 Å². The predicted octanol–water partition coefficient (Wildman–Crippen LogP) is -3.89. The Morgan fingerprint density at radius 2 is 1.23 bits per heavy atom. The lowest BCUT2D eigenvalue weighted by atomic mass is 10.1. The van der Waals surface area contributed by atoms with Crippen LogP contribution in [-0.4, -0.2) is 92.1 Å². The molecule has 0 aromatic carbocycles. The first-order valence-corrected chi connectivity index (χ1v) is 9.05. The second-order valence-corrected chi connectivity index (χ2v) is 6.54. The molecule has 0 saturated heterocycles. The number of amides is 3. The van der Waals surface area contributed by atoms with Crippen molar-refractivity contribution < 1.29 is 49.2 Å². The molecule has 15 heteroatoms. The summed E-state index contributed by atoms with van der Waals surface area (Å²) in [6, 6.07) is -6.51. The minimum absolute atomic E-state index is 0.118. The summed E-state index contributed by atoms with van der Waals surface area (Å²) in [4.78, 5) is 69.6. The maximum absolute atomic E-state index is 12.4. The van der Waals surface area contributed by atoms with Gasteiger partial charge in [-0.1, -0.05) is 0 Å². The molecule has 9 N–H and O–H groups in total. The maximum atomic E-state index is 12.4. The van der Waals surface area contributed by atoms with Gasteiger partial charge >= 0.3 is 17.9 Å². The van der Waals surface area contributed by atoms with Crippen molar-refractivity contribution in [3.63, 3.8) is 0 Å². The van der Waals surface area contributed by atoms with E-state index in [1.165, 1.54) is 0 Å². The van der Waals surface area contributed by atoms with Crippen LogP contribution < -0.4 is 21.7 Å². The SMILES string of the molecule is CC(O)C(NC(=O)C(CC(=O)O)NC(=O)C(CC(=O)O)NC(=O)C(N)CS)C(=O)O. The van der Waals surface area contributed by atoms with Gasteiger partial charge in [-0.15, -0.1) is 0 Å². The monoisotopic (exact) mass is 452 g/mol. The summed E-state index contributed by atoms with van der Waals surface area (Å²) in [6.45, 7) is 1.06. The number of aliphatic carboxylic acids is 3. The van der Waals surface area contributed by atoms with Gasteiger partial charge in [-0.3, -0.25) is 24.0 Å². The quantitative estimate of drug-likeness (QED) is 0.122. The van der Waals surface area contributed by atoms with Crippen molar-refractivity contribution in [2.24, 2.45) is 5.73 Å². The Kier molecular flexibility index (Phi) is 11.4. The Labute approximate surface area is 175 Å². The highest BCUT2D eigenvalue weighted by molar-refractivity contribution is 7.80. The maximum Gasteiger partial charge on any atom is 0.328 e. The van der Waals surface area contributed by atoms with Crippen molar-refractivity contribution in [1.29, 1.82) is 0 Å². The molecule has 30 heavy (non-hydrogen) atoms. The van der Waals surface area contributed by atoms with Gasteiger partial charge in [0.25, 0.3) is 0 Å². The third-order valence-electron chi connectivity index (χ3n) is 3.60. The number of aliphatic hydroxyl groups excluding tert-OH is 1. The van der Waals surface area contributed by atoms with Crippen LogP contribution in [0.5, 0.6) is 0 Å². The van der Waals surface area contributed by atoms with E-state index in [4.69, 9.17) is 21.1 Å². The molecule has 0 aliphatic carbocycles. The molecule has 0 bridgehead atoms. The summed E-state index contributed by atoms with van der Waals surface area (Å²) in [5.41, 5.74) is 5.43. The van der Waals surface area contributed by atoms with Crippen molar-refractivity contribution in [2.75, 3.05) is 5.75 Å². The zero-order valence-corrected chi connectivity index (χ0v) is 16.7. The molecule has 5 atom stereocenters. The highest BCUT2D eigenvalue weighted by Gasteiger charge is 2.33. The first-order chi connectivity index (χ1) is 13.8. The van der Waals surface area contributed by atoms with E-state index in [-0.39, 0.29) is 5.75 Å². The normalized spacial score (nSPS) is 15.6. The average Bonchev–Trinajstić information content (AvgIpc) is 2.62. The van der Waals surface area contributed by atoms with Gasteiger partial charge in [0, 0.05) is 5.75 Å². The fourth-order valence-electron chi connectivity index (χ4n) is 2.04. The van der Waals surface area contributed by atoms with Gasteiger partial charge in [0.15, 0.2) is 6.04 Å². The third-order valence-corrected chi connectivity index (χ3v) is 4.00. The number of aliphatic hydroxyl groups is 1. The molecule has 0 heterocycles. The smallest absolute Gasteiger partial charge is 0.328 e. The minimum Gasteiger partial charge on any atom is -0.481 e. The first-order valence-electron chi connectivity index (χ1n) is 8.42. The molecular weight excluding hydrogens is 428 g/mol. The van der Waals surface area contributed by atoms with Crippen LogP contribution in [0, 0.1) is 0 Å². The van der Waals surface area contributed by atoms with E-state index < -0.39 is 78.7 Å². The molecule has 5 unspecified atom stereocenters. The summed E-state index contributed by atoms with van der Waals surface area (Å²) < 4.78 is 0. The summed E-state index contributed by atoms with van der Waals surface area (Å²) >= 11 is 3.79. The van der Waals surface area contributed by atoms with Crippen LogP contribution in [0.4, 0.5) is 0 Å². The molecular formula is C15H24N4O10S. The number of carbonyl (C=O) groups excluding carboxylic acids is 3. The van der Waals surface area contributed by atoms with Crippen molar-refractivity contribution in [3.8, 4) is 0 Å². The molecule has 0 aromatic rings. The van der Waals surface area contributed by atoms with Crippen molar-refractivity contribution in [2.45, 2.75) is 50.0 Å². The second-order valence-electron chi connectivity index (χ2n) is 6.17. The molecule has 0 rings (SSSR count). The number of carbonyl (C=O) groups is 6. The van der Waals surface area contributed by atoms with Crippen LogP contribution in [0.25, 0.3) is 0 Å². The molecule has 14 nitrogen and oxygen atoms in total. The Morgan fingerprint density at radius 3 is 1.57 bits per heavy atom. The number of hydrogen-bond donors (Lipinski definition) is 9. The molecule has 0 aliphatic rings. The number of nitrogens with two attached hydrogens (primary N) is 1. The lowest BCUT2D eigenvalue weighted by molar-refractivity contribution is -0.146. The minimum atomic E-state index is -1.83. The van der Waals surface area contributed by atoms with Crippen LogP contribution >= 0.6 is 12.6 Å². The van der Waals surface area contributed by atoms with Gasteiger partial charge in [-0.05, 0) is 6.92 Å².